The highest BCUT2D eigenvalue weighted by atomic mass is 35.7. The van der Waals surface area contributed by atoms with E-state index in [1.807, 2.05) is 19.6 Å². The minimum absolute atomic E-state index is 1.19. The number of hydrogen-bond donors (Lipinski definition) is 0. The van der Waals surface area contributed by atoms with E-state index >= 15 is 0 Å². The van der Waals surface area contributed by atoms with E-state index in [0.717, 1.165) is 0 Å². The molecule has 0 radical (unpaired) electrons. The van der Waals surface area contributed by atoms with Gasteiger partial charge in [0.15, 0.2) is 0 Å². The van der Waals surface area contributed by atoms with Gasteiger partial charge in [-0.25, -0.2) is 0 Å². The van der Waals surface area contributed by atoms with Gasteiger partial charge in [0.2, 0.25) is 14.1 Å². The Labute approximate surface area is 77.9 Å². The molecule has 0 N–H and O–H groups in total. The van der Waals surface area contributed by atoms with E-state index in [2.05, 4.69) is 0 Å². The summed E-state index contributed by atoms with van der Waals surface area (Å²) in [6, 6.07) is 0. The SMILES string of the molecule is C[SiH](Cl)Cl.C[Si](C)(Cl)Cl. The van der Waals surface area contributed by atoms with Crippen LogP contribution in [0.15, 0.2) is 0 Å². The Hall–Kier alpha value is 1.59. The molecule has 58 valence electrons. The minimum Gasteiger partial charge on any atom is -0.151 e. The molecule has 0 saturated carbocycles. The molecule has 0 aliphatic carbocycles. The van der Waals surface area contributed by atoms with E-state index in [9.17, 15) is 0 Å². The third kappa shape index (κ3) is 218. The first kappa shape index (κ1) is 13.2. The molecular formula is C3H10Cl4Si2. The summed E-state index contributed by atoms with van der Waals surface area (Å²) in [4.78, 5) is 0. The molecule has 0 atom stereocenters. The zero-order chi connectivity index (χ0) is 8.08. The molecule has 0 aromatic rings. The van der Waals surface area contributed by atoms with E-state index < -0.39 is 14.1 Å². The second-order valence-corrected chi connectivity index (χ2v) is 16.4. The van der Waals surface area contributed by atoms with Gasteiger partial charge in [-0.3, -0.25) is 0 Å². The van der Waals surface area contributed by atoms with Crippen LogP contribution < -0.4 is 0 Å². The number of rotatable bonds is 0. The molecule has 0 aliphatic rings. The van der Waals surface area contributed by atoms with Gasteiger partial charge in [0, 0.05) is 0 Å². The maximum atomic E-state index is 5.43. The molecule has 0 rings (SSSR count). The topological polar surface area (TPSA) is 0 Å². The van der Waals surface area contributed by atoms with Crippen LogP contribution in [0, 0.1) is 0 Å². The van der Waals surface area contributed by atoms with Crippen molar-refractivity contribution >= 4 is 58.4 Å². The zero-order valence-electron chi connectivity index (χ0n) is 5.59. The molecule has 0 nitrogen and oxygen atoms in total. The fourth-order valence-corrected chi connectivity index (χ4v) is 0. The molecule has 0 amide bonds. The van der Waals surface area contributed by atoms with Gasteiger partial charge in [0.1, 0.15) is 0 Å². The highest BCUT2D eigenvalue weighted by Crippen LogP contribution is 2.10. The second kappa shape index (κ2) is 6.31. The Kier molecular flexibility index (Phi) is 9.26. The molecule has 0 bridgehead atoms. The summed E-state index contributed by atoms with van der Waals surface area (Å²) in [7, 11) is -1.19. The average molecular weight is 244 g/mol. The van der Waals surface area contributed by atoms with Crippen LogP contribution in [0.25, 0.3) is 0 Å². The molecule has 0 saturated heterocycles. The van der Waals surface area contributed by atoms with Gasteiger partial charge in [-0.2, -0.15) is 22.2 Å². The zero-order valence-corrected chi connectivity index (χ0v) is 10.8. The van der Waals surface area contributed by atoms with Crippen molar-refractivity contribution in [3.8, 4) is 0 Å². The first-order chi connectivity index (χ1) is 3.73. The smallest absolute Gasteiger partial charge is 0.151 e. The average Bonchev–Trinajstić information content (AvgIpc) is 1.19. The highest BCUT2D eigenvalue weighted by molar-refractivity contribution is 7.44. The second-order valence-electron chi connectivity index (χ2n) is 1.85. The summed E-state index contributed by atoms with van der Waals surface area (Å²) in [5.41, 5.74) is 0. The van der Waals surface area contributed by atoms with Gasteiger partial charge in [-0.05, 0) is 19.6 Å². The van der Waals surface area contributed by atoms with E-state index in [1.165, 1.54) is 0 Å². The maximum Gasteiger partial charge on any atom is 0.245 e. The molecule has 6 heteroatoms. The minimum atomic E-state index is -1.67. The fraction of sp³-hybridized carbons (Fsp3) is 1.00. The summed E-state index contributed by atoms with van der Waals surface area (Å²) < 4.78 is 0. The lowest BCUT2D eigenvalue weighted by molar-refractivity contribution is 2.06. The van der Waals surface area contributed by atoms with Crippen molar-refractivity contribution in [3.05, 3.63) is 0 Å². The quantitative estimate of drug-likeness (QED) is 0.452. The van der Waals surface area contributed by atoms with Gasteiger partial charge in [0.05, 0.1) is 0 Å². The van der Waals surface area contributed by atoms with Crippen molar-refractivity contribution in [2.24, 2.45) is 0 Å². The summed E-state index contributed by atoms with van der Waals surface area (Å²) >= 11 is 21.2. The van der Waals surface area contributed by atoms with Crippen molar-refractivity contribution in [1.82, 2.24) is 0 Å². The Bertz CT molecular complexity index is 50.6. The predicted octanol–water partition coefficient (Wildman–Crippen LogP) is 3.48. The van der Waals surface area contributed by atoms with Gasteiger partial charge >= 0.3 is 0 Å². The molecule has 9 heavy (non-hydrogen) atoms. The monoisotopic (exact) mass is 242 g/mol. The van der Waals surface area contributed by atoms with Crippen LogP contribution in [-0.4, -0.2) is 14.1 Å². The lowest BCUT2D eigenvalue weighted by atomic mass is 11.9. The summed E-state index contributed by atoms with van der Waals surface area (Å²) in [5, 5.41) is 0. The summed E-state index contributed by atoms with van der Waals surface area (Å²) in [6.45, 7) is 3.88. The Morgan fingerprint density at radius 2 is 1.11 bits per heavy atom. The first-order valence-electron chi connectivity index (χ1n) is 2.39. The van der Waals surface area contributed by atoms with Crippen LogP contribution in [0.1, 0.15) is 0 Å². The molecule has 0 aromatic heterocycles. The Morgan fingerprint density at radius 1 is 1.11 bits per heavy atom. The fourth-order valence-electron chi connectivity index (χ4n) is 0. The highest BCUT2D eigenvalue weighted by Gasteiger charge is 2.08. The summed E-state index contributed by atoms with van der Waals surface area (Å²) in [5.74, 6) is 0. The molecule has 0 aromatic carbocycles. The van der Waals surface area contributed by atoms with Crippen molar-refractivity contribution < 1.29 is 0 Å². The van der Waals surface area contributed by atoms with Crippen LogP contribution in [0.5, 0.6) is 0 Å². The van der Waals surface area contributed by atoms with Crippen LogP contribution in [0.4, 0.5) is 0 Å². The van der Waals surface area contributed by atoms with Gasteiger partial charge in [-0.1, -0.05) is 0 Å². The first-order valence-corrected chi connectivity index (χ1v) is 12.1. The molecule has 0 fully saturated rings. The third-order valence-electron chi connectivity index (χ3n) is 0. The van der Waals surface area contributed by atoms with E-state index in [1.54, 1.807) is 0 Å². The van der Waals surface area contributed by atoms with Crippen LogP contribution in [0.3, 0.4) is 0 Å². The van der Waals surface area contributed by atoms with Crippen LogP contribution in [0.2, 0.25) is 19.6 Å². The van der Waals surface area contributed by atoms with Crippen molar-refractivity contribution in [3.63, 3.8) is 0 Å². The van der Waals surface area contributed by atoms with Gasteiger partial charge in [-0.15, -0.1) is 22.2 Å². The summed E-state index contributed by atoms with van der Waals surface area (Å²) in [6.07, 6.45) is 0. The van der Waals surface area contributed by atoms with Crippen molar-refractivity contribution in [2.75, 3.05) is 0 Å². The van der Waals surface area contributed by atoms with Crippen molar-refractivity contribution in [1.29, 1.82) is 0 Å². The van der Waals surface area contributed by atoms with E-state index in [0.29, 0.717) is 0 Å². The van der Waals surface area contributed by atoms with E-state index in [-0.39, 0.29) is 0 Å². The van der Waals surface area contributed by atoms with Crippen molar-refractivity contribution in [2.45, 2.75) is 19.6 Å². The van der Waals surface area contributed by atoms with Crippen LogP contribution >= 0.6 is 44.3 Å². The largest absolute Gasteiger partial charge is 0.245 e. The third-order valence-corrected chi connectivity index (χ3v) is 0. The molecular weight excluding hydrogens is 234 g/mol. The maximum absolute atomic E-state index is 5.43. The van der Waals surface area contributed by atoms with Gasteiger partial charge < -0.3 is 0 Å². The van der Waals surface area contributed by atoms with E-state index in [4.69, 9.17) is 44.3 Å². The normalized spacial score (nSPS) is 10.7. The Morgan fingerprint density at radius 3 is 1.11 bits per heavy atom. The molecule has 0 aliphatic heterocycles. The Balaban J connectivity index is 0. The number of hydrogen-bond acceptors (Lipinski definition) is 0. The lowest BCUT2D eigenvalue weighted by Crippen LogP contribution is -2.02. The van der Waals surface area contributed by atoms with Gasteiger partial charge in [0.25, 0.3) is 0 Å². The molecule has 0 heterocycles. The predicted molar refractivity (Wildman–Crippen MR) is 53.9 cm³/mol. The number of halogens is 4. The molecule has 0 unspecified atom stereocenters. The van der Waals surface area contributed by atoms with Crippen LogP contribution in [-0.2, 0) is 0 Å². The standard InChI is InChI=1S/C2H6Cl2Si.CH4Cl2Si/c1-5(2,3)4;1-4(2)3/h1-2H3;4H,1H3. The lowest BCUT2D eigenvalue weighted by Gasteiger charge is -1.93. The molecule has 0 spiro atoms.